The SMILES string of the molecule is Cc1ccc2ccn(C(=S)N(C)C)c2c1. The monoisotopic (exact) mass is 218 g/mol. The van der Waals surface area contributed by atoms with Crippen LogP contribution in [0.15, 0.2) is 30.5 Å². The van der Waals surface area contributed by atoms with Gasteiger partial charge in [-0.15, -0.1) is 0 Å². The minimum Gasteiger partial charge on any atom is -0.355 e. The molecule has 15 heavy (non-hydrogen) atoms. The molecule has 2 rings (SSSR count). The Balaban J connectivity index is 2.62. The molecule has 0 spiro atoms. The molecule has 2 nitrogen and oxygen atoms in total. The highest BCUT2D eigenvalue weighted by molar-refractivity contribution is 7.80. The third kappa shape index (κ3) is 1.75. The van der Waals surface area contributed by atoms with Gasteiger partial charge in [0.2, 0.25) is 0 Å². The van der Waals surface area contributed by atoms with Crippen molar-refractivity contribution in [2.24, 2.45) is 0 Å². The third-order valence-corrected chi connectivity index (χ3v) is 3.00. The predicted molar refractivity (Wildman–Crippen MR) is 68.4 cm³/mol. The lowest BCUT2D eigenvalue weighted by Gasteiger charge is -2.15. The van der Waals surface area contributed by atoms with Crippen molar-refractivity contribution in [1.29, 1.82) is 0 Å². The number of fused-ring (bicyclic) bond motifs is 1. The van der Waals surface area contributed by atoms with Crippen LogP contribution in [0.1, 0.15) is 5.56 Å². The highest BCUT2D eigenvalue weighted by Crippen LogP contribution is 2.17. The van der Waals surface area contributed by atoms with Gasteiger partial charge in [0.25, 0.3) is 0 Å². The fraction of sp³-hybridized carbons (Fsp3) is 0.250. The Bertz CT molecular complexity index is 511. The maximum absolute atomic E-state index is 5.36. The van der Waals surface area contributed by atoms with E-state index >= 15 is 0 Å². The van der Waals surface area contributed by atoms with Crippen LogP contribution in [0.4, 0.5) is 0 Å². The van der Waals surface area contributed by atoms with Gasteiger partial charge in [0.1, 0.15) is 0 Å². The van der Waals surface area contributed by atoms with E-state index in [9.17, 15) is 0 Å². The van der Waals surface area contributed by atoms with E-state index in [1.165, 1.54) is 16.5 Å². The van der Waals surface area contributed by atoms with Gasteiger partial charge in [0, 0.05) is 25.7 Å². The Morgan fingerprint density at radius 3 is 2.67 bits per heavy atom. The molecule has 0 bridgehead atoms. The first-order chi connectivity index (χ1) is 7.09. The van der Waals surface area contributed by atoms with E-state index in [2.05, 4.69) is 31.2 Å². The first kappa shape index (κ1) is 10.2. The standard InChI is InChI=1S/C12H14N2S/c1-9-4-5-10-6-7-14(11(10)8-9)12(15)13(2)3/h4-8H,1-3H3. The molecule has 0 N–H and O–H groups in total. The van der Waals surface area contributed by atoms with Crippen LogP contribution in [-0.4, -0.2) is 28.7 Å². The lowest BCUT2D eigenvalue weighted by atomic mass is 10.2. The van der Waals surface area contributed by atoms with Gasteiger partial charge in [-0.3, -0.25) is 4.57 Å². The molecule has 0 aliphatic heterocycles. The average molecular weight is 218 g/mol. The molecule has 0 atom stereocenters. The van der Waals surface area contributed by atoms with E-state index in [4.69, 9.17) is 12.2 Å². The molecule has 1 heterocycles. The Morgan fingerprint density at radius 1 is 1.27 bits per heavy atom. The molecular formula is C12H14N2S. The van der Waals surface area contributed by atoms with Crippen LogP contribution in [0.5, 0.6) is 0 Å². The average Bonchev–Trinajstić information content (AvgIpc) is 2.59. The molecule has 1 aromatic heterocycles. The van der Waals surface area contributed by atoms with Crippen molar-refractivity contribution in [2.75, 3.05) is 14.1 Å². The minimum atomic E-state index is 0.815. The molecule has 0 radical (unpaired) electrons. The number of hydrogen-bond acceptors (Lipinski definition) is 1. The van der Waals surface area contributed by atoms with Gasteiger partial charge in [-0.05, 0) is 36.8 Å². The molecule has 78 valence electrons. The normalized spacial score (nSPS) is 10.6. The van der Waals surface area contributed by atoms with Crippen molar-refractivity contribution in [2.45, 2.75) is 6.92 Å². The summed E-state index contributed by atoms with van der Waals surface area (Å²) >= 11 is 5.36. The molecule has 0 saturated heterocycles. The summed E-state index contributed by atoms with van der Waals surface area (Å²) in [5.74, 6) is 0. The second-order valence-corrected chi connectivity index (χ2v) is 4.29. The molecule has 1 aromatic carbocycles. The fourth-order valence-electron chi connectivity index (χ4n) is 1.62. The van der Waals surface area contributed by atoms with Gasteiger partial charge < -0.3 is 4.90 Å². The summed E-state index contributed by atoms with van der Waals surface area (Å²) in [6.45, 7) is 2.09. The van der Waals surface area contributed by atoms with Crippen molar-refractivity contribution in [1.82, 2.24) is 9.47 Å². The zero-order valence-electron chi connectivity index (χ0n) is 9.19. The largest absolute Gasteiger partial charge is 0.355 e. The summed E-state index contributed by atoms with van der Waals surface area (Å²) in [6.07, 6.45) is 2.02. The third-order valence-electron chi connectivity index (χ3n) is 2.44. The van der Waals surface area contributed by atoms with Gasteiger partial charge in [0.15, 0.2) is 5.11 Å². The zero-order chi connectivity index (χ0) is 11.0. The molecule has 2 aromatic rings. The van der Waals surface area contributed by atoms with Crippen molar-refractivity contribution >= 4 is 28.2 Å². The lowest BCUT2D eigenvalue weighted by molar-refractivity contribution is 0.614. The van der Waals surface area contributed by atoms with Crippen LogP contribution in [-0.2, 0) is 0 Å². The summed E-state index contributed by atoms with van der Waals surface area (Å²) in [7, 11) is 3.92. The van der Waals surface area contributed by atoms with Crippen molar-refractivity contribution < 1.29 is 0 Å². The Morgan fingerprint density at radius 2 is 2.00 bits per heavy atom. The molecular weight excluding hydrogens is 204 g/mol. The predicted octanol–water partition coefficient (Wildman–Crippen LogP) is 2.64. The number of nitrogens with zero attached hydrogens (tertiary/aromatic N) is 2. The summed E-state index contributed by atoms with van der Waals surface area (Å²) in [6, 6.07) is 8.49. The maximum atomic E-state index is 5.36. The molecule has 3 heteroatoms. The number of benzene rings is 1. The number of rotatable bonds is 0. The Kier molecular flexibility index (Phi) is 2.49. The van der Waals surface area contributed by atoms with Crippen LogP contribution in [0.2, 0.25) is 0 Å². The molecule has 0 unspecified atom stereocenters. The second-order valence-electron chi connectivity index (χ2n) is 3.93. The van der Waals surface area contributed by atoms with E-state index < -0.39 is 0 Å². The van der Waals surface area contributed by atoms with Crippen LogP contribution < -0.4 is 0 Å². The van der Waals surface area contributed by atoms with Gasteiger partial charge in [-0.1, -0.05) is 12.1 Å². The molecule has 0 aliphatic carbocycles. The highest BCUT2D eigenvalue weighted by atomic mass is 32.1. The second kappa shape index (κ2) is 3.66. The van der Waals surface area contributed by atoms with Crippen LogP contribution in [0, 0.1) is 6.92 Å². The minimum absolute atomic E-state index is 0.815. The van der Waals surface area contributed by atoms with E-state index in [0.29, 0.717) is 0 Å². The van der Waals surface area contributed by atoms with Crippen LogP contribution in [0.25, 0.3) is 10.9 Å². The topological polar surface area (TPSA) is 8.17 Å². The van der Waals surface area contributed by atoms with Gasteiger partial charge in [-0.2, -0.15) is 0 Å². The van der Waals surface area contributed by atoms with Gasteiger partial charge >= 0.3 is 0 Å². The van der Waals surface area contributed by atoms with E-state index in [0.717, 1.165) is 5.11 Å². The molecule has 0 saturated carbocycles. The van der Waals surface area contributed by atoms with Crippen molar-refractivity contribution in [3.8, 4) is 0 Å². The van der Waals surface area contributed by atoms with E-state index in [-0.39, 0.29) is 0 Å². The number of aromatic nitrogens is 1. The van der Waals surface area contributed by atoms with E-state index in [1.807, 2.05) is 29.8 Å². The molecule has 0 aliphatic rings. The lowest BCUT2D eigenvalue weighted by Crippen LogP contribution is -2.26. The summed E-state index contributed by atoms with van der Waals surface area (Å²) < 4.78 is 2.04. The van der Waals surface area contributed by atoms with Gasteiger partial charge in [-0.25, -0.2) is 0 Å². The Hall–Kier alpha value is -1.35. The first-order valence-corrected chi connectivity index (χ1v) is 5.30. The van der Waals surface area contributed by atoms with Crippen molar-refractivity contribution in [3.05, 3.63) is 36.0 Å². The number of hydrogen-bond donors (Lipinski definition) is 0. The summed E-state index contributed by atoms with van der Waals surface area (Å²) in [4.78, 5) is 1.94. The number of aryl methyl sites for hydroxylation is 1. The van der Waals surface area contributed by atoms with Gasteiger partial charge in [0.05, 0.1) is 5.52 Å². The van der Waals surface area contributed by atoms with Crippen LogP contribution >= 0.6 is 12.2 Å². The highest BCUT2D eigenvalue weighted by Gasteiger charge is 2.06. The number of thiocarbonyl (C=S) groups is 1. The zero-order valence-corrected chi connectivity index (χ0v) is 10.0. The molecule has 0 fully saturated rings. The summed E-state index contributed by atoms with van der Waals surface area (Å²) in [5.41, 5.74) is 2.43. The summed E-state index contributed by atoms with van der Waals surface area (Å²) in [5, 5.41) is 2.04. The molecule has 0 amide bonds. The fourth-order valence-corrected chi connectivity index (χ4v) is 1.78. The smallest absolute Gasteiger partial charge is 0.179 e. The first-order valence-electron chi connectivity index (χ1n) is 4.89. The van der Waals surface area contributed by atoms with Crippen LogP contribution in [0.3, 0.4) is 0 Å². The van der Waals surface area contributed by atoms with E-state index in [1.54, 1.807) is 0 Å². The Labute approximate surface area is 95.1 Å². The quantitative estimate of drug-likeness (QED) is 0.628. The maximum Gasteiger partial charge on any atom is 0.179 e. The van der Waals surface area contributed by atoms with Crippen molar-refractivity contribution in [3.63, 3.8) is 0 Å².